The smallest absolute Gasteiger partial charge is 0.142 e. The second-order valence-electron chi connectivity index (χ2n) is 4.76. The molecule has 3 nitrogen and oxygen atoms in total. The summed E-state index contributed by atoms with van der Waals surface area (Å²) in [5.74, 6) is 2.07. The van der Waals surface area contributed by atoms with Gasteiger partial charge in [0.25, 0.3) is 0 Å². The second-order valence-corrected chi connectivity index (χ2v) is 4.76. The molecule has 2 aromatic rings. The Morgan fingerprint density at radius 3 is 2.40 bits per heavy atom. The number of hydrogen-bond acceptors (Lipinski definition) is 3. The molecule has 0 spiro atoms. The summed E-state index contributed by atoms with van der Waals surface area (Å²) in [4.78, 5) is 0. The third-order valence-electron chi connectivity index (χ3n) is 3.37. The van der Waals surface area contributed by atoms with E-state index in [1.54, 1.807) is 14.2 Å². The highest BCUT2D eigenvalue weighted by molar-refractivity contribution is 5.59. The Kier molecular flexibility index (Phi) is 4.88. The predicted octanol–water partition coefficient (Wildman–Crippen LogP) is 3.92. The maximum absolute atomic E-state index is 5.36. The molecule has 2 rings (SSSR count). The molecule has 106 valence electrons. The number of ether oxygens (including phenoxy) is 2. The zero-order chi connectivity index (χ0) is 14.4. The molecule has 0 saturated carbocycles. The van der Waals surface area contributed by atoms with Gasteiger partial charge in [-0.05, 0) is 23.6 Å². The molecule has 0 aromatic heterocycles. The molecule has 0 fully saturated rings. The first kappa shape index (κ1) is 14.3. The molecule has 0 saturated heterocycles. The number of methoxy groups -OCH3 is 2. The summed E-state index contributed by atoms with van der Waals surface area (Å²) >= 11 is 0. The van der Waals surface area contributed by atoms with Crippen LogP contribution in [0.3, 0.4) is 0 Å². The van der Waals surface area contributed by atoms with Crippen LogP contribution in [0.1, 0.15) is 18.4 Å². The molecule has 1 N–H and O–H groups in total. The minimum Gasteiger partial charge on any atom is -0.497 e. The molecule has 1 atom stereocenters. The standard InChI is InChI=1S/C17H21NO2/c1-13(14-7-5-4-6-8-14)12-18-16-11-15(19-2)9-10-17(16)20-3/h4-11,13,18H,12H2,1-3H3. The van der Waals surface area contributed by atoms with Crippen LogP contribution in [0.2, 0.25) is 0 Å². The Balaban J connectivity index is 2.06. The van der Waals surface area contributed by atoms with Crippen molar-refractivity contribution >= 4 is 5.69 Å². The van der Waals surface area contributed by atoms with Crippen molar-refractivity contribution in [2.45, 2.75) is 12.8 Å². The minimum absolute atomic E-state index is 0.423. The molecule has 0 aliphatic carbocycles. The van der Waals surface area contributed by atoms with Crippen LogP contribution in [0.5, 0.6) is 11.5 Å². The summed E-state index contributed by atoms with van der Waals surface area (Å²) in [5, 5.41) is 3.43. The fourth-order valence-electron chi connectivity index (χ4n) is 2.11. The van der Waals surface area contributed by atoms with Gasteiger partial charge in [0.05, 0.1) is 19.9 Å². The summed E-state index contributed by atoms with van der Waals surface area (Å²) < 4.78 is 10.6. The number of benzene rings is 2. The predicted molar refractivity (Wildman–Crippen MR) is 82.9 cm³/mol. The van der Waals surface area contributed by atoms with Gasteiger partial charge in [-0.25, -0.2) is 0 Å². The van der Waals surface area contributed by atoms with Crippen molar-refractivity contribution in [3.63, 3.8) is 0 Å². The van der Waals surface area contributed by atoms with Crippen LogP contribution in [-0.4, -0.2) is 20.8 Å². The fourth-order valence-corrected chi connectivity index (χ4v) is 2.11. The zero-order valence-corrected chi connectivity index (χ0v) is 12.2. The highest BCUT2D eigenvalue weighted by Crippen LogP contribution is 2.29. The van der Waals surface area contributed by atoms with Crippen LogP contribution in [0.15, 0.2) is 48.5 Å². The van der Waals surface area contributed by atoms with Crippen LogP contribution in [0.4, 0.5) is 5.69 Å². The molecule has 0 bridgehead atoms. The van der Waals surface area contributed by atoms with E-state index < -0.39 is 0 Å². The Hall–Kier alpha value is -2.16. The number of hydrogen-bond donors (Lipinski definition) is 1. The fraction of sp³-hybridized carbons (Fsp3) is 0.294. The summed E-state index contributed by atoms with van der Waals surface area (Å²) in [7, 11) is 3.34. The van der Waals surface area contributed by atoms with E-state index in [-0.39, 0.29) is 0 Å². The summed E-state index contributed by atoms with van der Waals surface area (Å²) in [6, 6.07) is 16.2. The molecule has 1 unspecified atom stereocenters. The van der Waals surface area contributed by atoms with E-state index in [0.29, 0.717) is 5.92 Å². The lowest BCUT2D eigenvalue weighted by molar-refractivity contribution is 0.404. The van der Waals surface area contributed by atoms with Gasteiger partial charge in [0, 0.05) is 12.6 Å². The van der Waals surface area contributed by atoms with Gasteiger partial charge in [-0.2, -0.15) is 0 Å². The van der Waals surface area contributed by atoms with Crippen molar-refractivity contribution < 1.29 is 9.47 Å². The Labute approximate surface area is 120 Å². The van der Waals surface area contributed by atoms with Crippen molar-refractivity contribution in [2.24, 2.45) is 0 Å². The van der Waals surface area contributed by atoms with Gasteiger partial charge in [-0.1, -0.05) is 37.3 Å². The van der Waals surface area contributed by atoms with Gasteiger partial charge in [0.15, 0.2) is 0 Å². The van der Waals surface area contributed by atoms with Crippen LogP contribution in [-0.2, 0) is 0 Å². The van der Waals surface area contributed by atoms with E-state index in [0.717, 1.165) is 23.7 Å². The second kappa shape index (κ2) is 6.85. The average Bonchev–Trinajstić information content (AvgIpc) is 2.53. The molecule has 0 amide bonds. The molecular formula is C17H21NO2. The average molecular weight is 271 g/mol. The van der Waals surface area contributed by atoms with E-state index in [4.69, 9.17) is 9.47 Å². The highest BCUT2D eigenvalue weighted by Gasteiger charge is 2.08. The lowest BCUT2D eigenvalue weighted by Gasteiger charge is -2.16. The first-order valence-electron chi connectivity index (χ1n) is 6.75. The minimum atomic E-state index is 0.423. The Morgan fingerprint density at radius 1 is 1.00 bits per heavy atom. The maximum Gasteiger partial charge on any atom is 0.142 e. The molecule has 0 heterocycles. The lowest BCUT2D eigenvalue weighted by Crippen LogP contribution is -2.10. The van der Waals surface area contributed by atoms with Gasteiger partial charge >= 0.3 is 0 Å². The van der Waals surface area contributed by atoms with E-state index in [1.807, 2.05) is 24.3 Å². The van der Waals surface area contributed by atoms with E-state index in [1.165, 1.54) is 5.56 Å². The van der Waals surface area contributed by atoms with Gasteiger partial charge < -0.3 is 14.8 Å². The van der Waals surface area contributed by atoms with Crippen LogP contribution in [0.25, 0.3) is 0 Å². The third kappa shape index (κ3) is 3.44. The first-order chi connectivity index (χ1) is 9.74. The van der Waals surface area contributed by atoms with E-state index in [2.05, 4.69) is 36.5 Å². The molecular weight excluding hydrogens is 250 g/mol. The summed E-state index contributed by atoms with van der Waals surface area (Å²) in [6.45, 7) is 3.04. The van der Waals surface area contributed by atoms with Crippen molar-refractivity contribution in [2.75, 3.05) is 26.1 Å². The maximum atomic E-state index is 5.36. The van der Waals surface area contributed by atoms with Gasteiger partial charge in [-0.3, -0.25) is 0 Å². The quantitative estimate of drug-likeness (QED) is 0.863. The SMILES string of the molecule is COc1ccc(OC)c(NCC(C)c2ccccc2)c1. The van der Waals surface area contributed by atoms with Gasteiger partial charge in [0.1, 0.15) is 11.5 Å². The molecule has 3 heteroatoms. The molecule has 0 radical (unpaired) electrons. The molecule has 20 heavy (non-hydrogen) atoms. The van der Waals surface area contributed by atoms with Crippen LogP contribution in [0, 0.1) is 0 Å². The number of nitrogens with one attached hydrogen (secondary N) is 1. The Bertz CT molecular complexity index is 540. The third-order valence-corrected chi connectivity index (χ3v) is 3.37. The normalized spacial score (nSPS) is 11.8. The van der Waals surface area contributed by atoms with Crippen molar-refractivity contribution in [3.8, 4) is 11.5 Å². The largest absolute Gasteiger partial charge is 0.497 e. The zero-order valence-electron chi connectivity index (χ0n) is 12.2. The van der Waals surface area contributed by atoms with Gasteiger partial charge in [-0.15, -0.1) is 0 Å². The number of rotatable bonds is 6. The first-order valence-corrected chi connectivity index (χ1v) is 6.75. The molecule has 0 aliphatic heterocycles. The number of anilines is 1. The van der Waals surface area contributed by atoms with E-state index in [9.17, 15) is 0 Å². The Morgan fingerprint density at radius 2 is 1.75 bits per heavy atom. The molecule has 0 aliphatic rings. The van der Waals surface area contributed by atoms with E-state index >= 15 is 0 Å². The van der Waals surface area contributed by atoms with Crippen molar-refractivity contribution in [1.82, 2.24) is 0 Å². The monoisotopic (exact) mass is 271 g/mol. The topological polar surface area (TPSA) is 30.5 Å². The van der Waals surface area contributed by atoms with Crippen LogP contribution < -0.4 is 14.8 Å². The van der Waals surface area contributed by atoms with Crippen molar-refractivity contribution in [1.29, 1.82) is 0 Å². The van der Waals surface area contributed by atoms with Gasteiger partial charge in [0.2, 0.25) is 0 Å². The summed E-state index contributed by atoms with van der Waals surface area (Å²) in [5.41, 5.74) is 2.27. The summed E-state index contributed by atoms with van der Waals surface area (Å²) in [6.07, 6.45) is 0. The van der Waals surface area contributed by atoms with Crippen molar-refractivity contribution in [3.05, 3.63) is 54.1 Å². The lowest BCUT2D eigenvalue weighted by atomic mass is 10.0. The van der Waals surface area contributed by atoms with Crippen LogP contribution >= 0.6 is 0 Å². The highest BCUT2D eigenvalue weighted by atomic mass is 16.5. The molecule has 2 aromatic carbocycles.